The first-order valence-electron chi connectivity index (χ1n) is 10.6. The minimum Gasteiger partial charge on any atom is -0.337 e. The molecule has 1 aliphatic heterocycles. The molecule has 0 aliphatic carbocycles. The molecule has 3 aromatic rings. The summed E-state index contributed by atoms with van der Waals surface area (Å²) in [6.07, 6.45) is -2.61. The molecule has 1 aromatic carbocycles. The molecule has 0 radical (unpaired) electrons. The molecule has 0 spiro atoms. The first-order chi connectivity index (χ1) is 16.2. The summed E-state index contributed by atoms with van der Waals surface area (Å²) in [6.45, 7) is -0.467. The van der Waals surface area contributed by atoms with Crippen molar-refractivity contribution in [1.29, 1.82) is 0 Å². The standard InChI is InChI=1S/C21H23F3N8O2/c1-30-17-9-15(10-25-12-21(22,23)24)28-32(17)8-7-16(20(30)34)27-19(33)18-26-13-31(29-18)11-14-5-3-2-4-6-14/h2-6,9,13,16,25H,7-8,10-12H2,1H3,(H,27,33). The van der Waals surface area contributed by atoms with Crippen LogP contribution in [-0.4, -0.2) is 62.2 Å². The predicted octanol–water partition coefficient (Wildman–Crippen LogP) is 1.34. The van der Waals surface area contributed by atoms with Crippen molar-refractivity contribution in [3.8, 4) is 0 Å². The highest BCUT2D eigenvalue weighted by Gasteiger charge is 2.32. The fraction of sp³-hybridized carbons (Fsp3) is 0.381. The molecular formula is C21H23F3N8O2. The van der Waals surface area contributed by atoms with Crippen LogP contribution in [0.25, 0.3) is 0 Å². The first-order valence-corrected chi connectivity index (χ1v) is 10.6. The highest BCUT2D eigenvalue weighted by Crippen LogP contribution is 2.21. The van der Waals surface area contributed by atoms with Crippen LogP contribution in [0.3, 0.4) is 0 Å². The van der Waals surface area contributed by atoms with Gasteiger partial charge in [-0.1, -0.05) is 30.3 Å². The Morgan fingerprint density at radius 3 is 2.71 bits per heavy atom. The number of carbonyl (C=O) groups is 2. The molecule has 0 bridgehead atoms. The van der Waals surface area contributed by atoms with Crippen molar-refractivity contribution >= 4 is 17.6 Å². The Kier molecular flexibility index (Phi) is 6.63. The second-order valence-corrected chi connectivity index (χ2v) is 7.90. The number of aromatic nitrogens is 5. The average molecular weight is 476 g/mol. The van der Waals surface area contributed by atoms with Crippen LogP contribution in [0, 0.1) is 0 Å². The minimum absolute atomic E-state index is 0.0496. The molecular weight excluding hydrogens is 453 g/mol. The lowest BCUT2D eigenvalue weighted by atomic mass is 10.2. The number of hydrogen-bond acceptors (Lipinski definition) is 6. The smallest absolute Gasteiger partial charge is 0.337 e. The third-order valence-corrected chi connectivity index (χ3v) is 5.28. The van der Waals surface area contributed by atoms with E-state index in [-0.39, 0.29) is 24.7 Å². The molecule has 0 saturated carbocycles. The van der Waals surface area contributed by atoms with E-state index in [1.165, 1.54) is 23.0 Å². The number of aryl methyl sites for hydroxylation is 1. The second-order valence-electron chi connectivity index (χ2n) is 7.90. The molecule has 1 unspecified atom stereocenters. The Labute approximate surface area is 192 Å². The van der Waals surface area contributed by atoms with Crippen molar-refractivity contribution in [2.75, 3.05) is 18.5 Å². The molecule has 34 heavy (non-hydrogen) atoms. The summed E-state index contributed by atoms with van der Waals surface area (Å²) in [5, 5.41) is 13.4. The zero-order valence-electron chi connectivity index (χ0n) is 18.3. The molecule has 13 heteroatoms. The minimum atomic E-state index is -4.32. The maximum atomic E-state index is 12.9. The van der Waals surface area contributed by atoms with Crippen LogP contribution < -0.4 is 15.5 Å². The third-order valence-electron chi connectivity index (χ3n) is 5.28. The Bertz CT molecular complexity index is 1160. The Balaban J connectivity index is 1.37. The summed E-state index contributed by atoms with van der Waals surface area (Å²) in [7, 11) is 1.53. The van der Waals surface area contributed by atoms with Crippen LogP contribution in [0.1, 0.15) is 28.3 Å². The first kappa shape index (κ1) is 23.4. The molecule has 3 heterocycles. The fourth-order valence-electron chi connectivity index (χ4n) is 3.64. The highest BCUT2D eigenvalue weighted by atomic mass is 19.4. The van der Waals surface area contributed by atoms with Gasteiger partial charge in [0.1, 0.15) is 18.2 Å². The zero-order chi connectivity index (χ0) is 24.3. The summed E-state index contributed by atoms with van der Waals surface area (Å²) in [6, 6.07) is 10.3. The van der Waals surface area contributed by atoms with E-state index in [2.05, 4.69) is 25.8 Å². The number of halogens is 3. The van der Waals surface area contributed by atoms with E-state index in [0.717, 1.165) is 5.56 Å². The molecule has 4 rings (SSSR count). The van der Waals surface area contributed by atoms with E-state index in [4.69, 9.17) is 0 Å². The molecule has 180 valence electrons. The van der Waals surface area contributed by atoms with Gasteiger partial charge >= 0.3 is 6.18 Å². The summed E-state index contributed by atoms with van der Waals surface area (Å²) in [5.41, 5.74) is 1.39. The van der Waals surface area contributed by atoms with Crippen molar-refractivity contribution in [1.82, 2.24) is 35.2 Å². The van der Waals surface area contributed by atoms with Gasteiger partial charge in [-0.15, -0.1) is 5.10 Å². The number of fused-ring (bicyclic) bond motifs is 1. The quantitative estimate of drug-likeness (QED) is 0.533. The number of alkyl halides is 3. The molecule has 2 N–H and O–H groups in total. The molecule has 2 amide bonds. The lowest BCUT2D eigenvalue weighted by Gasteiger charge is -2.19. The van der Waals surface area contributed by atoms with Crippen LogP contribution in [0.2, 0.25) is 0 Å². The van der Waals surface area contributed by atoms with Gasteiger partial charge < -0.3 is 10.6 Å². The molecule has 0 saturated heterocycles. The fourth-order valence-corrected chi connectivity index (χ4v) is 3.64. The second kappa shape index (κ2) is 9.63. The van der Waals surface area contributed by atoms with Gasteiger partial charge in [-0.25, -0.2) is 14.3 Å². The van der Waals surface area contributed by atoms with Crippen LogP contribution in [0.5, 0.6) is 0 Å². The van der Waals surface area contributed by atoms with Crippen LogP contribution >= 0.6 is 0 Å². The van der Waals surface area contributed by atoms with Gasteiger partial charge in [-0.2, -0.15) is 18.3 Å². The number of amides is 2. The largest absolute Gasteiger partial charge is 0.401 e. The number of benzene rings is 1. The van der Waals surface area contributed by atoms with Gasteiger partial charge in [0, 0.05) is 26.2 Å². The van der Waals surface area contributed by atoms with E-state index in [9.17, 15) is 22.8 Å². The van der Waals surface area contributed by atoms with Crippen LogP contribution in [0.15, 0.2) is 42.7 Å². The van der Waals surface area contributed by atoms with E-state index >= 15 is 0 Å². The normalized spacial score (nSPS) is 16.3. The number of rotatable bonds is 7. The topological polar surface area (TPSA) is 110 Å². The number of nitrogens with one attached hydrogen (secondary N) is 2. The van der Waals surface area contributed by atoms with Gasteiger partial charge in [-0.05, 0) is 12.0 Å². The zero-order valence-corrected chi connectivity index (χ0v) is 18.3. The van der Waals surface area contributed by atoms with Crippen molar-refractivity contribution in [3.05, 3.63) is 59.8 Å². The van der Waals surface area contributed by atoms with Gasteiger partial charge in [-0.3, -0.25) is 14.5 Å². The summed E-state index contributed by atoms with van der Waals surface area (Å²) < 4.78 is 40.1. The van der Waals surface area contributed by atoms with Crippen molar-refractivity contribution in [2.45, 2.75) is 38.3 Å². The summed E-state index contributed by atoms with van der Waals surface area (Å²) in [5.74, 6) is -0.553. The lowest BCUT2D eigenvalue weighted by Crippen LogP contribution is -2.47. The van der Waals surface area contributed by atoms with E-state index in [1.807, 2.05) is 30.3 Å². The van der Waals surface area contributed by atoms with Crippen molar-refractivity contribution < 1.29 is 22.8 Å². The molecule has 2 aromatic heterocycles. The highest BCUT2D eigenvalue weighted by molar-refractivity contribution is 6.00. The van der Waals surface area contributed by atoms with Gasteiger partial charge in [0.2, 0.25) is 5.82 Å². The summed E-state index contributed by atoms with van der Waals surface area (Å²) in [4.78, 5) is 31.0. The maximum absolute atomic E-state index is 12.9. The number of likely N-dealkylation sites (N-methyl/N-ethyl adjacent to an activating group) is 1. The number of carbonyl (C=O) groups excluding carboxylic acids is 2. The molecule has 1 aliphatic rings. The van der Waals surface area contributed by atoms with Gasteiger partial charge in [0.15, 0.2) is 0 Å². The number of anilines is 1. The van der Waals surface area contributed by atoms with Gasteiger partial charge in [0.05, 0.1) is 18.8 Å². The maximum Gasteiger partial charge on any atom is 0.401 e. The Morgan fingerprint density at radius 1 is 1.21 bits per heavy atom. The summed E-state index contributed by atoms with van der Waals surface area (Å²) >= 11 is 0. The van der Waals surface area contributed by atoms with E-state index in [0.29, 0.717) is 24.6 Å². The van der Waals surface area contributed by atoms with Crippen LogP contribution in [0.4, 0.5) is 19.0 Å². The van der Waals surface area contributed by atoms with Crippen molar-refractivity contribution in [2.24, 2.45) is 0 Å². The molecule has 10 nitrogen and oxygen atoms in total. The lowest BCUT2D eigenvalue weighted by molar-refractivity contribution is -0.125. The van der Waals surface area contributed by atoms with E-state index < -0.39 is 24.7 Å². The SMILES string of the molecule is CN1C(=O)C(NC(=O)c2ncn(Cc3ccccc3)n2)CCn2nc(CNCC(F)(F)F)cc21. The molecule has 0 fully saturated rings. The Morgan fingerprint density at radius 2 is 1.97 bits per heavy atom. The number of hydrogen-bond donors (Lipinski definition) is 2. The van der Waals surface area contributed by atoms with Crippen molar-refractivity contribution in [3.63, 3.8) is 0 Å². The Hall–Kier alpha value is -3.74. The van der Waals surface area contributed by atoms with E-state index in [1.54, 1.807) is 10.7 Å². The van der Waals surface area contributed by atoms with Crippen LogP contribution in [-0.2, 0) is 24.4 Å². The average Bonchev–Trinajstić information content (AvgIpc) is 3.40. The third kappa shape index (κ3) is 5.60. The monoisotopic (exact) mass is 476 g/mol. The molecule has 1 atom stereocenters. The predicted molar refractivity (Wildman–Crippen MR) is 115 cm³/mol. The number of nitrogens with zero attached hydrogens (tertiary/aromatic N) is 6. The van der Waals surface area contributed by atoms with Gasteiger partial charge in [0.25, 0.3) is 11.8 Å².